The molecular formula is C21H25N. The van der Waals surface area contributed by atoms with E-state index in [1.165, 1.54) is 27.8 Å². The van der Waals surface area contributed by atoms with Gasteiger partial charge in [0.15, 0.2) is 0 Å². The van der Waals surface area contributed by atoms with Crippen molar-refractivity contribution in [1.82, 2.24) is 0 Å². The lowest BCUT2D eigenvalue weighted by molar-refractivity contribution is 1.00. The van der Waals surface area contributed by atoms with E-state index in [0.717, 1.165) is 12.8 Å². The van der Waals surface area contributed by atoms with Crippen LogP contribution in [0.3, 0.4) is 0 Å². The molecule has 0 fully saturated rings. The Kier molecular flexibility index (Phi) is 6.17. The minimum absolute atomic E-state index is 0.586. The Balaban J connectivity index is 1.96. The lowest BCUT2D eigenvalue weighted by atomic mass is 10.0. The molecule has 0 bridgehead atoms. The summed E-state index contributed by atoms with van der Waals surface area (Å²) in [5, 5.41) is 0. The third-order valence-corrected chi connectivity index (χ3v) is 3.82. The summed E-state index contributed by atoms with van der Waals surface area (Å²) in [4.78, 5) is 0. The van der Waals surface area contributed by atoms with Crippen molar-refractivity contribution in [1.29, 1.82) is 0 Å². The first-order chi connectivity index (χ1) is 10.7. The molecule has 0 heterocycles. The van der Waals surface area contributed by atoms with E-state index in [9.17, 15) is 0 Å². The predicted molar refractivity (Wildman–Crippen MR) is 97.8 cm³/mol. The van der Waals surface area contributed by atoms with Gasteiger partial charge in [0.2, 0.25) is 0 Å². The molecule has 0 aromatic heterocycles. The van der Waals surface area contributed by atoms with Crippen LogP contribution in [0, 0.1) is 13.8 Å². The molecule has 0 spiro atoms. The van der Waals surface area contributed by atoms with Crippen LogP contribution >= 0.6 is 0 Å². The molecule has 0 amide bonds. The number of allylic oxidation sites excluding steroid dienone is 1. The van der Waals surface area contributed by atoms with Crippen LogP contribution in [0.5, 0.6) is 0 Å². The minimum atomic E-state index is 0.586. The fourth-order valence-corrected chi connectivity index (χ4v) is 2.60. The SMILES string of the molecule is Cc1cccc(C)c1/C=C/CCc1cccc(/C=C/CN)c1. The fraction of sp³-hybridized carbons (Fsp3) is 0.238. The van der Waals surface area contributed by atoms with Gasteiger partial charge in [-0.3, -0.25) is 0 Å². The molecule has 0 saturated carbocycles. The van der Waals surface area contributed by atoms with Gasteiger partial charge in [-0.25, -0.2) is 0 Å². The van der Waals surface area contributed by atoms with Gasteiger partial charge >= 0.3 is 0 Å². The average Bonchev–Trinajstić information content (AvgIpc) is 2.52. The second-order valence-electron chi connectivity index (χ2n) is 5.63. The summed E-state index contributed by atoms with van der Waals surface area (Å²) in [7, 11) is 0. The first-order valence-corrected chi connectivity index (χ1v) is 7.89. The van der Waals surface area contributed by atoms with Crippen molar-refractivity contribution in [2.75, 3.05) is 6.54 Å². The Hall–Kier alpha value is -2.12. The van der Waals surface area contributed by atoms with Crippen LogP contribution < -0.4 is 5.73 Å². The maximum atomic E-state index is 5.50. The van der Waals surface area contributed by atoms with Gasteiger partial charge in [-0.2, -0.15) is 0 Å². The number of aryl methyl sites for hydroxylation is 3. The highest BCUT2D eigenvalue weighted by Crippen LogP contribution is 2.16. The molecule has 0 aliphatic rings. The highest BCUT2D eigenvalue weighted by molar-refractivity contribution is 5.57. The minimum Gasteiger partial charge on any atom is -0.327 e. The van der Waals surface area contributed by atoms with Gasteiger partial charge < -0.3 is 5.73 Å². The van der Waals surface area contributed by atoms with Crippen LogP contribution in [-0.4, -0.2) is 6.54 Å². The van der Waals surface area contributed by atoms with Crippen molar-refractivity contribution < 1.29 is 0 Å². The number of benzene rings is 2. The van der Waals surface area contributed by atoms with Crippen LogP contribution in [0.2, 0.25) is 0 Å². The van der Waals surface area contributed by atoms with Gasteiger partial charge in [-0.1, -0.05) is 66.8 Å². The Morgan fingerprint density at radius 3 is 2.36 bits per heavy atom. The Labute approximate surface area is 134 Å². The van der Waals surface area contributed by atoms with Crippen molar-refractivity contribution >= 4 is 12.2 Å². The van der Waals surface area contributed by atoms with Crippen LogP contribution in [0.25, 0.3) is 12.2 Å². The van der Waals surface area contributed by atoms with Crippen molar-refractivity contribution in [2.24, 2.45) is 5.73 Å². The van der Waals surface area contributed by atoms with Gasteiger partial charge in [0.05, 0.1) is 0 Å². The summed E-state index contributed by atoms with van der Waals surface area (Å²) in [5.74, 6) is 0. The largest absolute Gasteiger partial charge is 0.327 e. The topological polar surface area (TPSA) is 26.0 Å². The highest BCUT2D eigenvalue weighted by atomic mass is 14.5. The molecule has 0 aliphatic heterocycles. The lowest BCUT2D eigenvalue weighted by Gasteiger charge is -2.04. The average molecular weight is 291 g/mol. The number of hydrogen-bond acceptors (Lipinski definition) is 1. The predicted octanol–water partition coefficient (Wildman–Crippen LogP) is 4.92. The molecule has 0 atom stereocenters. The third-order valence-electron chi connectivity index (χ3n) is 3.82. The summed E-state index contributed by atoms with van der Waals surface area (Å²) in [5.41, 5.74) is 12.1. The van der Waals surface area contributed by atoms with Crippen molar-refractivity contribution in [2.45, 2.75) is 26.7 Å². The van der Waals surface area contributed by atoms with Crippen molar-refractivity contribution in [3.63, 3.8) is 0 Å². The van der Waals surface area contributed by atoms with Gasteiger partial charge in [0, 0.05) is 6.54 Å². The fourth-order valence-electron chi connectivity index (χ4n) is 2.60. The Bertz CT molecular complexity index is 645. The van der Waals surface area contributed by atoms with Crippen LogP contribution in [-0.2, 0) is 6.42 Å². The summed E-state index contributed by atoms with van der Waals surface area (Å²) >= 11 is 0. The molecule has 0 saturated heterocycles. The summed E-state index contributed by atoms with van der Waals surface area (Å²) in [6.45, 7) is 4.92. The van der Waals surface area contributed by atoms with E-state index in [4.69, 9.17) is 5.73 Å². The van der Waals surface area contributed by atoms with E-state index in [0.29, 0.717) is 6.54 Å². The van der Waals surface area contributed by atoms with Crippen molar-refractivity contribution in [3.8, 4) is 0 Å². The second kappa shape index (κ2) is 8.35. The lowest BCUT2D eigenvalue weighted by Crippen LogP contribution is -1.92. The molecular weight excluding hydrogens is 266 g/mol. The number of hydrogen-bond donors (Lipinski definition) is 1. The molecule has 2 aromatic carbocycles. The van der Waals surface area contributed by atoms with Crippen molar-refractivity contribution in [3.05, 3.63) is 82.4 Å². The van der Waals surface area contributed by atoms with E-state index in [1.54, 1.807) is 0 Å². The van der Waals surface area contributed by atoms with Crippen LogP contribution in [0.1, 0.15) is 34.2 Å². The maximum Gasteiger partial charge on any atom is 0.0110 e. The summed E-state index contributed by atoms with van der Waals surface area (Å²) in [6.07, 6.45) is 10.7. The molecule has 22 heavy (non-hydrogen) atoms. The first-order valence-electron chi connectivity index (χ1n) is 7.89. The smallest absolute Gasteiger partial charge is 0.0110 e. The normalized spacial score (nSPS) is 11.6. The Morgan fingerprint density at radius 2 is 1.64 bits per heavy atom. The van der Waals surface area contributed by atoms with E-state index in [2.05, 4.69) is 74.5 Å². The quantitative estimate of drug-likeness (QED) is 0.803. The Morgan fingerprint density at radius 1 is 0.909 bits per heavy atom. The molecule has 2 rings (SSSR count). The molecule has 114 valence electrons. The molecule has 0 aliphatic carbocycles. The van der Waals surface area contributed by atoms with E-state index in [-0.39, 0.29) is 0 Å². The van der Waals surface area contributed by atoms with Crippen LogP contribution in [0.4, 0.5) is 0 Å². The first kappa shape index (κ1) is 16.3. The number of nitrogens with two attached hydrogens (primary N) is 1. The molecule has 2 N–H and O–H groups in total. The standard InChI is InChI=1S/C21H25N/c1-17-8-5-9-18(2)21(17)14-4-3-10-19-11-6-12-20(16-19)13-7-15-22/h4-9,11-14,16H,3,10,15,22H2,1-2H3/b13-7+,14-4+. The van der Waals surface area contributed by atoms with Gasteiger partial charge in [-0.15, -0.1) is 0 Å². The molecule has 1 heteroatoms. The monoisotopic (exact) mass is 291 g/mol. The molecule has 1 nitrogen and oxygen atoms in total. The highest BCUT2D eigenvalue weighted by Gasteiger charge is 1.97. The van der Waals surface area contributed by atoms with Gasteiger partial charge in [0.1, 0.15) is 0 Å². The number of rotatable bonds is 6. The maximum absolute atomic E-state index is 5.50. The van der Waals surface area contributed by atoms with Gasteiger partial charge in [-0.05, 0) is 54.5 Å². The molecule has 0 radical (unpaired) electrons. The van der Waals surface area contributed by atoms with E-state index in [1.807, 2.05) is 6.08 Å². The van der Waals surface area contributed by atoms with Crippen LogP contribution in [0.15, 0.2) is 54.6 Å². The second-order valence-corrected chi connectivity index (χ2v) is 5.63. The summed E-state index contributed by atoms with van der Waals surface area (Å²) in [6, 6.07) is 15.1. The third kappa shape index (κ3) is 4.71. The zero-order valence-electron chi connectivity index (χ0n) is 13.5. The van der Waals surface area contributed by atoms with Gasteiger partial charge in [0.25, 0.3) is 0 Å². The zero-order chi connectivity index (χ0) is 15.8. The van der Waals surface area contributed by atoms with E-state index < -0.39 is 0 Å². The summed E-state index contributed by atoms with van der Waals surface area (Å²) < 4.78 is 0. The molecule has 0 unspecified atom stereocenters. The molecule has 2 aromatic rings. The van der Waals surface area contributed by atoms with E-state index >= 15 is 0 Å². The zero-order valence-corrected chi connectivity index (χ0v) is 13.5.